The summed E-state index contributed by atoms with van der Waals surface area (Å²) in [6, 6.07) is 14.9. The summed E-state index contributed by atoms with van der Waals surface area (Å²) >= 11 is 5.95. The first kappa shape index (κ1) is 13.5. The summed E-state index contributed by atoms with van der Waals surface area (Å²) in [5, 5.41) is 9.64. The molecule has 0 aliphatic rings. The molecular formula is C16H14ClNO. The van der Waals surface area contributed by atoms with Crippen molar-refractivity contribution in [2.75, 3.05) is 0 Å². The monoisotopic (exact) mass is 271 g/mol. The van der Waals surface area contributed by atoms with Gasteiger partial charge in [-0.05, 0) is 29.7 Å². The van der Waals surface area contributed by atoms with E-state index in [1.54, 1.807) is 18.2 Å². The smallest absolute Gasteiger partial charge is 0.146 e. The van der Waals surface area contributed by atoms with Gasteiger partial charge in [-0.1, -0.05) is 43.6 Å². The lowest BCUT2D eigenvalue weighted by Crippen LogP contribution is -1.95. The fourth-order valence-electron chi connectivity index (χ4n) is 1.84. The van der Waals surface area contributed by atoms with Crippen LogP contribution in [0.3, 0.4) is 0 Å². The third-order valence-corrected chi connectivity index (χ3v) is 3.06. The average Bonchev–Trinajstić information content (AvgIpc) is 2.39. The topological polar surface area (TPSA) is 33.0 Å². The summed E-state index contributed by atoms with van der Waals surface area (Å²) in [5.74, 6) is 1.60. The maximum absolute atomic E-state index is 9.09. The van der Waals surface area contributed by atoms with Crippen molar-refractivity contribution in [3.8, 4) is 17.6 Å². The van der Waals surface area contributed by atoms with Gasteiger partial charge < -0.3 is 4.74 Å². The molecule has 0 atom stereocenters. The first-order valence-electron chi connectivity index (χ1n) is 6.08. The molecule has 0 aliphatic carbocycles. The van der Waals surface area contributed by atoms with Crippen molar-refractivity contribution >= 4 is 11.6 Å². The summed E-state index contributed by atoms with van der Waals surface area (Å²) in [6.07, 6.45) is 0. The van der Waals surface area contributed by atoms with Gasteiger partial charge in [-0.25, -0.2) is 0 Å². The first-order valence-corrected chi connectivity index (χ1v) is 6.46. The second kappa shape index (κ2) is 5.77. The fraction of sp³-hybridized carbons (Fsp3) is 0.188. The maximum Gasteiger partial charge on any atom is 0.146 e. The molecular weight excluding hydrogens is 258 g/mol. The van der Waals surface area contributed by atoms with Crippen LogP contribution in [0.15, 0.2) is 42.5 Å². The number of hydrogen-bond donors (Lipinski definition) is 0. The molecule has 96 valence electrons. The summed E-state index contributed by atoms with van der Waals surface area (Å²) in [7, 11) is 0. The van der Waals surface area contributed by atoms with Gasteiger partial charge in [-0.2, -0.15) is 5.26 Å². The van der Waals surface area contributed by atoms with Gasteiger partial charge in [-0.3, -0.25) is 0 Å². The lowest BCUT2D eigenvalue weighted by Gasteiger charge is -2.14. The Bertz CT molecular complexity index is 629. The molecule has 0 saturated carbocycles. The Hall–Kier alpha value is -1.98. The Kier molecular flexibility index (Phi) is 4.09. The molecule has 0 unspecified atom stereocenters. The van der Waals surface area contributed by atoms with E-state index in [9.17, 15) is 0 Å². The highest BCUT2D eigenvalue weighted by atomic mass is 35.5. The molecule has 0 bridgehead atoms. The van der Waals surface area contributed by atoms with Gasteiger partial charge in [0.25, 0.3) is 0 Å². The van der Waals surface area contributed by atoms with Gasteiger partial charge in [0, 0.05) is 11.1 Å². The van der Waals surface area contributed by atoms with Crippen LogP contribution in [0.1, 0.15) is 30.9 Å². The van der Waals surface area contributed by atoms with Gasteiger partial charge in [0.05, 0.1) is 5.56 Å². The van der Waals surface area contributed by atoms with Crippen molar-refractivity contribution in [2.24, 2.45) is 0 Å². The maximum atomic E-state index is 9.09. The molecule has 0 spiro atoms. The van der Waals surface area contributed by atoms with Crippen LogP contribution in [-0.4, -0.2) is 0 Å². The Labute approximate surface area is 118 Å². The van der Waals surface area contributed by atoms with Gasteiger partial charge in [0.1, 0.15) is 17.6 Å². The molecule has 0 N–H and O–H groups in total. The highest BCUT2D eigenvalue weighted by Crippen LogP contribution is 2.33. The zero-order chi connectivity index (χ0) is 13.8. The SMILES string of the molecule is CC(C)c1ccccc1Oc1cc(Cl)ccc1C#N. The highest BCUT2D eigenvalue weighted by molar-refractivity contribution is 6.30. The Balaban J connectivity index is 2.42. The second-order valence-corrected chi connectivity index (χ2v) is 4.98. The van der Waals surface area contributed by atoms with Crippen molar-refractivity contribution in [3.63, 3.8) is 0 Å². The molecule has 2 aromatic rings. The van der Waals surface area contributed by atoms with E-state index in [4.69, 9.17) is 21.6 Å². The normalized spacial score (nSPS) is 10.3. The molecule has 0 amide bonds. The van der Waals surface area contributed by atoms with Crippen LogP contribution < -0.4 is 4.74 Å². The molecule has 3 heteroatoms. The van der Waals surface area contributed by atoms with E-state index >= 15 is 0 Å². The fourth-order valence-corrected chi connectivity index (χ4v) is 2.00. The van der Waals surface area contributed by atoms with Crippen molar-refractivity contribution in [2.45, 2.75) is 19.8 Å². The van der Waals surface area contributed by atoms with Crippen molar-refractivity contribution in [1.29, 1.82) is 5.26 Å². The van der Waals surface area contributed by atoms with Crippen LogP contribution in [0.4, 0.5) is 0 Å². The minimum Gasteiger partial charge on any atom is -0.456 e. The lowest BCUT2D eigenvalue weighted by atomic mass is 10.0. The van der Waals surface area contributed by atoms with E-state index in [1.165, 1.54) is 0 Å². The van der Waals surface area contributed by atoms with Crippen LogP contribution in [0.25, 0.3) is 0 Å². The second-order valence-electron chi connectivity index (χ2n) is 4.55. The van der Waals surface area contributed by atoms with Crippen LogP contribution in [0.5, 0.6) is 11.5 Å². The van der Waals surface area contributed by atoms with Gasteiger partial charge in [0.2, 0.25) is 0 Å². The van der Waals surface area contributed by atoms with Crippen LogP contribution in [0, 0.1) is 11.3 Å². The van der Waals surface area contributed by atoms with Crippen LogP contribution in [0.2, 0.25) is 5.02 Å². The number of rotatable bonds is 3. The number of para-hydroxylation sites is 1. The van der Waals surface area contributed by atoms with E-state index in [0.717, 1.165) is 11.3 Å². The standard InChI is InChI=1S/C16H14ClNO/c1-11(2)14-5-3-4-6-15(14)19-16-9-13(17)8-7-12(16)10-18/h3-9,11H,1-2H3. The number of halogens is 1. The summed E-state index contributed by atoms with van der Waals surface area (Å²) in [5.41, 5.74) is 1.58. The molecule has 19 heavy (non-hydrogen) atoms. The molecule has 2 rings (SSSR count). The molecule has 0 radical (unpaired) electrons. The van der Waals surface area contributed by atoms with Gasteiger partial charge in [-0.15, -0.1) is 0 Å². The minimum atomic E-state index is 0.348. The van der Waals surface area contributed by atoms with E-state index in [2.05, 4.69) is 19.9 Å². The van der Waals surface area contributed by atoms with E-state index in [0.29, 0.717) is 22.3 Å². The molecule has 0 aliphatic heterocycles. The number of hydrogen-bond acceptors (Lipinski definition) is 2. The number of ether oxygens (including phenoxy) is 1. The molecule has 0 heterocycles. The summed E-state index contributed by atoms with van der Waals surface area (Å²) in [6.45, 7) is 4.21. The van der Waals surface area contributed by atoms with E-state index in [-0.39, 0.29) is 0 Å². The predicted molar refractivity (Wildman–Crippen MR) is 76.8 cm³/mol. The summed E-state index contributed by atoms with van der Waals surface area (Å²) < 4.78 is 5.87. The van der Waals surface area contributed by atoms with Gasteiger partial charge >= 0.3 is 0 Å². The van der Waals surface area contributed by atoms with Crippen molar-refractivity contribution < 1.29 is 4.74 Å². The molecule has 0 aromatic heterocycles. The highest BCUT2D eigenvalue weighted by Gasteiger charge is 2.10. The van der Waals surface area contributed by atoms with Crippen molar-refractivity contribution in [3.05, 3.63) is 58.6 Å². The zero-order valence-corrected chi connectivity index (χ0v) is 11.6. The third-order valence-electron chi connectivity index (χ3n) is 2.83. The number of nitrogens with zero attached hydrogens (tertiary/aromatic N) is 1. The van der Waals surface area contributed by atoms with E-state index < -0.39 is 0 Å². The Morgan fingerprint density at radius 1 is 1.11 bits per heavy atom. The lowest BCUT2D eigenvalue weighted by molar-refractivity contribution is 0.471. The minimum absolute atomic E-state index is 0.348. The quantitative estimate of drug-likeness (QED) is 0.775. The number of benzene rings is 2. The summed E-state index contributed by atoms with van der Waals surface area (Å²) in [4.78, 5) is 0. The average molecular weight is 272 g/mol. The van der Waals surface area contributed by atoms with Gasteiger partial charge in [0.15, 0.2) is 0 Å². The first-order chi connectivity index (χ1) is 9.11. The van der Waals surface area contributed by atoms with Crippen LogP contribution in [-0.2, 0) is 0 Å². The van der Waals surface area contributed by atoms with E-state index in [1.807, 2.05) is 24.3 Å². The Morgan fingerprint density at radius 2 is 1.84 bits per heavy atom. The zero-order valence-electron chi connectivity index (χ0n) is 10.9. The number of nitriles is 1. The predicted octanol–water partition coefficient (Wildman–Crippen LogP) is 5.13. The third kappa shape index (κ3) is 3.07. The largest absolute Gasteiger partial charge is 0.456 e. The molecule has 2 aromatic carbocycles. The van der Waals surface area contributed by atoms with Crippen molar-refractivity contribution in [1.82, 2.24) is 0 Å². The molecule has 0 fully saturated rings. The Morgan fingerprint density at radius 3 is 2.53 bits per heavy atom. The van der Waals surface area contributed by atoms with Crippen LogP contribution >= 0.6 is 11.6 Å². The molecule has 2 nitrogen and oxygen atoms in total. The molecule has 0 saturated heterocycles.